The molecule has 1 aromatic carbocycles. The van der Waals surface area contributed by atoms with Gasteiger partial charge in [0.05, 0.1) is 18.8 Å². The summed E-state index contributed by atoms with van der Waals surface area (Å²) < 4.78 is 5.56. The van der Waals surface area contributed by atoms with Crippen molar-refractivity contribution in [1.82, 2.24) is 10.2 Å². The van der Waals surface area contributed by atoms with Gasteiger partial charge >= 0.3 is 6.03 Å². The van der Waals surface area contributed by atoms with Crippen molar-refractivity contribution in [3.63, 3.8) is 0 Å². The van der Waals surface area contributed by atoms with Gasteiger partial charge in [-0.1, -0.05) is 24.3 Å². The first-order valence-electron chi connectivity index (χ1n) is 8.64. The molecule has 1 aliphatic heterocycles. The molecule has 5 nitrogen and oxygen atoms in total. The highest BCUT2D eigenvalue weighted by atomic mass is 16.5. The molecule has 3 rings (SSSR count). The van der Waals surface area contributed by atoms with Crippen LogP contribution in [0.1, 0.15) is 42.9 Å². The summed E-state index contributed by atoms with van der Waals surface area (Å²) in [5.74, 6) is 0. The molecule has 2 aliphatic rings. The fraction of sp³-hybridized carbons (Fsp3) is 0.611. The molecule has 5 heteroatoms. The highest BCUT2D eigenvalue weighted by molar-refractivity contribution is 5.75. The third-order valence-corrected chi connectivity index (χ3v) is 4.82. The van der Waals surface area contributed by atoms with Crippen LogP contribution in [0.15, 0.2) is 24.3 Å². The van der Waals surface area contributed by atoms with Gasteiger partial charge in [-0.25, -0.2) is 4.79 Å². The maximum Gasteiger partial charge on any atom is 0.318 e. The van der Waals surface area contributed by atoms with Crippen LogP contribution in [0.3, 0.4) is 0 Å². The van der Waals surface area contributed by atoms with Crippen LogP contribution in [0.5, 0.6) is 0 Å². The van der Waals surface area contributed by atoms with E-state index in [1.807, 2.05) is 6.07 Å². The van der Waals surface area contributed by atoms with Gasteiger partial charge in [0.1, 0.15) is 0 Å². The van der Waals surface area contributed by atoms with E-state index in [2.05, 4.69) is 23.5 Å². The molecule has 2 N–H and O–H groups in total. The minimum atomic E-state index is -0.101. The number of ether oxygens (including phenoxy) is 1. The second-order valence-corrected chi connectivity index (χ2v) is 6.34. The Bertz CT molecular complexity index is 529. The van der Waals surface area contributed by atoms with Crippen LogP contribution >= 0.6 is 0 Å². The number of rotatable bonds is 5. The van der Waals surface area contributed by atoms with Gasteiger partial charge in [0.2, 0.25) is 0 Å². The maximum absolute atomic E-state index is 12.6. The number of aliphatic hydroxyl groups is 1. The monoisotopic (exact) mass is 318 g/mol. The number of carbonyl (C=O) groups excluding carboxylic acids is 1. The lowest BCUT2D eigenvalue weighted by Gasteiger charge is -2.35. The number of nitrogens with zero attached hydrogens (tertiary/aromatic N) is 1. The van der Waals surface area contributed by atoms with E-state index in [0.717, 1.165) is 38.7 Å². The highest BCUT2D eigenvalue weighted by Crippen LogP contribution is 2.34. The van der Waals surface area contributed by atoms with Gasteiger partial charge in [-0.05, 0) is 43.2 Å². The van der Waals surface area contributed by atoms with Gasteiger partial charge in [0, 0.05) is 19.7 Å². The predicted molar refractivity (Wildman–Crippen MR) is 88.3 cm³/mol. The van der Waals surface area contributed by atoms with Gasteiger partial charge in [-0.3, -0.25) is 0 Å². The number of fused-ring (bicyclic) bond motifs is 1. The van der Waals surface area contributed by atoms with Gasteiger partial charge < -0.3 is 20.1 Å². The fourth-order valence-corrected chi connectivity index (χ4v) is 3.67. The molecule has 2 amide bonds. The topological polar surface area (TPSA) is 61.8 Å². The van der Waals surface area contributed by atoms with Gasteiger partial charge in [-0.15, -0.1) is 0 Å². The smallest absolute Gasteiger partial charge is 0.318 e. The second-order valence-electron chi connectivity index (χ2n) is 6.34. The molecule has 1 saturated heterocycles. The van der Waals surface area contributed by atoms with E-state index >= 15 is 0 Å². The first-order chi connectivity index (χ1) is 11.3. The average Bonchev–Trinajstić information content (AvgIpc) is 3.11. The number of nitrogens with one attached hydrogen (secondary N) is 1. The lowest BCUT2D eigenvalue weighted by atomic mass is 9.87. The molecule has 23 heavy (non-hydrogen) atoms. The molecule has 1 heterocycles. The van der Waals surface area contributed by atoms with Crippen LogP contribution < -0.4 is 5.32 Å². The van der Waals surface area contributed by atoms with Crippen molar-refractivity contribution in [3.05, 3.63) is 35.4 Å². The van der Waals surface area contributed by atoms with E-state index in [0.29, 0.717) is 13.1 Å². The molecule has 1 aromatic rings. The summed E-state index contributed by atoms with van der Waals surface area (Å²) >= 11 is 0. The van der Waals surface area contributed by atoms with E-state index in [1.165, 1.54) is 11.1 Å². The van der Waals surface area contributed by atoms with Gasteiger partial charge in [-0.2, -0.15) is 0 Å². The SMILES string of the molecule is O=C(NCC1CCCO1)N(CCO)C1CCCc2ccccc21. The quantitative estimate of drug-likeness (QED) is 0.875. The molecule has 1 aliphatic carbocycles. The standard InChI is InChI=1S/C18H26N2O3/c21-11-10-20(18(22)19-13-15-7-4-12-23-15)17-9-3-6-14-5-1-2-8-16(14)17/h1-2,5,8,15,17,21H,3-4,6-7,9-13H2,(H,19,22). The second kappa shape index (κ2) is 7.79. The Balaban J connectivity index is 1.69. The summed E-state index contributed by atoms with van der Waals surface area (Å²) in [4.78, 5) is 14.4. The zero-order chi connectivity index (χ0) is 16.1. The maximum atomic E-state index is 12.6. The Morgan fingerprint density at radius 1 is 1.30 bits per heavy atom. The Kier molecular flexibility index (Phi) is 5.51. The van der Waals surface area contributed by atoms with Crippen molar-refractivity contribution in [2.45, 2.75) is 44.2 Å². The largest absolute Gasteiger partial charge is 0.395 e. The summed E-state index contributed by atoms with van der Waals surface area (Å²) in [5, 5.41) is 12.4. The number of carbonyl (C=O) groups is 1. The molecule has 0 saturated carbocycles. The lowest BCUT2D eigenvalue weighted by Crippen LogP contribution is -2.46. The van der Waals surface area contributed by atoms with Crippen molar-refractivity contribution in [3.8, 4) is 0 Å². The summed E-state index contributed by atoms with van der Waals surface area (Å²) in [6, 6.07) is 8.28. The summed E-state index contributed by atoms with van der Waals surface area (Å²) in [6.45, 7) is 1.67. The lowest BCUT2D eigenvalue weighted by molar-refractivity contribution is 0.104. The zero-order valence-corrected chi connectivity index (χ0v) is 13.5. The first kappa shape index (κ1) is 16.3. The Morgan fingerprint density at radius 2 is 2.17 bits per heavy atom. The van der Waals surface area contributed by atoms with Gasteiger partial charge in [0.15, 0.2) is 0 Å². The van der Waals surface area contributed by atoms with Crippen LogP contribution in [0.25, 0.3) is 0 Å². The highest BCUT2D eigenvalue weighted by Gasteiger charge is 2.29. The number of hydrogen-bond acceptors (Lipinski definition) is 3. The number of amides is 2. The summed E-state index contributed by atoms with van der Waals surface area (Å²) in [7, 11) is 0. The van der Waals surface area contributed by atoms with E-state index in [-0.39, 0.29) is 24.8 Å². The van der Waals surface area contributed by atoms with Crippen LogP contribution in [-0.4, -0.2) is 48.4 Å². The minimum absolute atomic E-state index is 0.0218. The number of aryl methyl sites for hydroxylation is 1. The van der Waals surface area contributed by atoms with E-state index in [9.17, 15) is 9.90 Å². The Morgan fingerprint density at radius 3 is 2.96 bits per heavy atom. The molecule has 2 unspecified atom stereocenters. The van der Waals surface area contributed by atoms with E-state index in [1.54, 1.807) is 4.90 Å². The zero-order valence-electron chi connectivity index (χ0n) is 13.5. The number of benzene rings is 1. The minimum Gasteiger partial charge on any atom is -0.395 e. The molecule has 0 spiro atoms. The summed E-state index contributed by atoms with van der Waals surface area (Å²) in [5.41, 5.74) is 2.54. The molecule has 0 bridgehead atoms. The Hall–Kier alpha value is -1.59. The molecule has 0 radical (unpaired) electrons. The van der Waals surface area contributed by atoms with Gasteiger partial charge in [0.25, 0.3) is 0 Å². The van der Waals surface area contributed by atoms with Crippen molar-refractivity contribution >= 4 is 6.03 Å². The molecular formula is C18H26N2O3. The van der Waals surface area contributed by atoms with E-state index in [4.69, 9.17) is 4.74 Å². The molecule has 126 valence electrons. The van der Waals surface area contributed by atoms with Crippen LogP contribution in [0, 0.1) is 0 Å². The van der Waals surface area contributed by atoms with Crippen LogP contribution in [0.2, 0.25) is 0 Å². The molecular weight excluding hydrogens is 292 g/mol. The normalized spacial score (nSPS) is 23.3. The van der Waals surface area contributed by atoms with Crippen molar-refractivity contribution in [2.24, 2.45) is 0 Å². The van der Waals surface area contributed by atoms with E-state index < -0.39 is 0 Å². The molecule has 2 atom stereocenters. The third kappa shape index (κ3) is 3.85. The number of hydrogen-bond donors (Lipinski definition) is 2. The van der Waals surface area contributed by atoms with Crippen molar-refractivity contribution in [1.29, 1.82) is 0 Å². The molecule has 0 aromatic heterocycles. The summed E-state index contributed by atoms with van der Waals surface area (Å²) in [6.07, 6.45) is 5.29. The average molecular weight is 318 g/mol. The number of urea groups is 1. The van der Waals surface area contributed by atoms with Crippen molar-refractivity contribution in [2.75, 3.05) is 26.3 Å². The van der Waals surface area contributed by atoms with Crippen LogP contribution in [-0.2, 0) is 11.2 Å². The molecule has 1 fully saturated rings. The Labute approximate surface area is 137 Å². The third-order valence-electron chi connectivity index (χ3n) is 4.82. The van der Waals surface area contributed by atoms with Crippen LogP contribution in [0.4, 0.5) is 4.79 Å². The van der Waals surface area contributed by atoms with Crippen molar-refractivity contribution < 1.29 is 14.6 Å². The fourth-order valence-electron chi connectivity index (χ4n) is 3.67. The number of aliphatic hydroxyl groups excluding tert-OH is 1. The predicted octanol–water partition coefficient (Wildman–Crippen LogP) is 2.25. The first-order valence-corrected chi connectivity index (χ1v) is 8.64.